The summed E-state index contributed by atoms with van der Waals surface area (Å²) in [5.41, 5.74) is 5.81. The van der Waals surface area contributed by atoms with Crippen molar-refractivity contribution in [2.24, 2.45) is 11.7 Å². The minimum Gasteiger partial charge on any atom is -0.352 e. The number of hydrogen-bond donors (Lipinski definition) is 2. The molecule has 1 aliphatic heterocycles. The van der Waals surface area contributed by atoms with Gasteiger partial charge in [-0.05, 0) is 25.3 Å². The third kappa shape index (κ3) is 6.23. The van der Waals surface area contributed by atoms with Crippen molar-refractivity contribution >= 4 is 30.7 Å². The minimum absolute atomic E-state index is 0. The number of halogens is 2. The number of piperidine rings is 1. The van der Waals surface area contributed by atoms with Crippen molar-refractivity contribution in [1.82, 2.24) is 10.2 Å². The highest BCUT2D eigenvalue weighted by Crippen LogP contribution is 2.10. The Morgan fingerprint density at radius 1 is 1.33 bits per heavy atom. The molecule has 1 atom stereocenters. The molecule has 0 aliphatic carbocycles. The van der Waals surface area contributed by atoms with Crippen LogP contribution >= 0.6 is 24.8 Å². The molecule has 1 fully saturated rings. The number of amides is 1. The lowest BCUT2D eigenvalue weighted by molar-refractivity contribution is -0.124. The maximum absolute atomic E-state index is 11.8. The van der Waals surface area contributed by atoms with E-state index >= 15 is 0 Å². The molecule has 6 heteroatoms. The number of hydrogen-bond acceptors (Lipinski definition) is 3. The van der Waals surface area contributed by atoms with Crippen LogP contribution in [0.4, 0.5) is 0 Å². The second-order valence-corrected chi connectivity index (χ2v) is 4.99. The van der Waals surface area contributed by atoms with Crippen LogP contribution in [0.1, 0.15) is 33.6 Å². The Morgan fingerprint density at radius 3 is 2.22 bits per heavy atom. The van der Waals surface area contributed by atoms with Crippen LogP contribution in [-0.4, -0.2) is 42.5 Å². The van der Waals surface area contributed by atoms with Crippen molar-refractivity contribution in [2.75, 3.05) is 19.6 Å². The number of likely N-dealkylation sites (tertiary alicyclic amines) is 1. The number of rotatable bonds is 4. The number of nitrogens with zero attached hydrogens (tertiary/aromatic N) is 1. The molecule has 1 unspecified atom stereocenters. The molecule has 0 saturated carbocycles. The summed E-state index contributed by atoms with van der Waals surface area (Å²) in [5, 5.41) is 3.05. The standard InChI is InChI=1S/C12H25N3O.2ClH/c1-4-15-7-5-10(6-8-15)14-12(16)11(13)9(2)3;;/h9-11H,4-8,13H2,1-3H3,(H,14,16);2*1H. The van der Waals surface area contributed by atoms with E-state index in [9.17, 15) is 4.79 Å². The van der Waals surface area contributed by atoms with Gasteiger partial charge in [-0.2, -0.15) is 0 Å². The van der Waals surface area contributed by atoms with E-state index in [0.29, 0.717) is 6.04 Å². The molecule has 110 valence electrons. The van der Waals surface area contributed by atoms with Crippen LogP contribution < -0.4 is 11.1 Å². The lowest BCUT2D eigenvalue weighted by atomic mass is 10.0. The summed E-state index contributed by atoms with van der Waals surface area (Å²) in [7, 11) is 0. The zero-order valence-corrected chi connectivity index (χ0v) is 13.1. The van der Waals surface area contributed by atoms with Gasteiger partial charge >= 0.3 is 0 Å². The predicted octanol–water partition coefficient (Wildman–Crippen LogP) is 1.41. The monoisotopic (exact) mass is 299 g/mol. The van der Waals surface area contributed by atoms with Crippen LogP contribution in [0.3, 0.4) is 0 Å². The molecule has 1 rings (SSSR count). The molecule has 1 heterocycles. The maximum atomic E-state index is 11.8. The summed E-state index contributed by atoms with van der Waals surface area (Å²) in [6.45, 7) is 9.39. The van der Waals surface area contributed by atoms with Gasteiger partial charge in [0.1, 0.15) is 0 Å². The summed E-state index contributed by atoms with van der Waals surface area (Å²) < 4.78 is 0. The third-order valence-electron chi connectivity index (χ3n) is 3.40. The molecular formula is C12H27Cl2N3O. The molecule has 3 N–H and O–H groups in total. The Labute approximate surface area is 123 Å². The molecule has 1 amide bonds. The normalized spacial score (nSPS) is 18.7. The Kier molecular flexibility index (Phi) is 11.1. The van der Waals surface area contributed by atoms with Crippen molar-refractivity contribution < 1.29 is 4.79 Å². The summed E-state index contributed by atoms with van der Waals surface area (Å²) in [5.74, 6) is 0.209. The smallest absolute Gasteiger partial charge is 0.237 e. The van der Waals surface area contributed by atoms with Crippen LogP contribution in [0.15, 0.2) is 0 Å². The van der Waals surface area contributed by atoms with E-state index in [1.807, 2.05) is 13.8 Å². The summed E-state index contributed by atoms with van der Waals surface area (Å²) in [6.07, 6.45) is 2.09. The minimum atomic E-state index is -0.371. The van der Waals surface area contributed by atoms with Gasteiger partial charge in [-0.15, -0.1) is 24.8 Å². The van der Waals surface area contributed by atoms with Crippen molar-refractivity contribution in [3.63, 3.8) is 0 Å². The predicted molar refractivity (Wildman–Crippen MR) is 80.6 cm³/mol. The average Bonchev–Trinajstić information content (AvgIpc) is 2.28. The van der Waals surface area contributed by atoms with Crippen LogP contribution in [0.25, 0.3) is 0 Å². The molecule has 1 aliphatic rings. The largest absolute Gasteiger partial charge is 0.352 e. The van der Waals surface area contributed by atoms with E-state index < -0.39 is 0 Å². The lowest BCUT2D eigenvalue weighted by Crippen LogP contribution is -2.51. The molecule has 0 spiro atoms. The van der Waals surface area contributed by atoms with Crippen molar-refractivity contribution in [1.29, 1.82) is 0 Å². The van der Waals surface area contributed by atoms with Gasteiger partial charge in [0.05, 0.1) is 6.04 Å². The molecule has 0 radical (unpaired) electrons. The van der Waals surface area contributed by atoms with E-state index in [1.54, 1.807) is 0 Å². The first-order valence-corrected chi connectivity index (χ1v) is 6.33. The van der Waals surface area contributed by atoms with E-state index in [-0.39, 0.29) is 42.7 Å². The highest BCUT2D eigenvalue weighted by atomic mass is 35.5. The molecule has 0 bridgehead atoms. The molecule has 0 aromatic carbocycles. The number of nitrogens with one attached hydrogen (secondary N) is 1. The quantitative estimate of drug-likeness (QED) is 0.825. The average molecular weight is 300 g/mol. The molecule has 0 aromatic rings. The Balaban J connectivity index is 0. The van der Waals surface area contributed by atoms with E-state index in [2.05, 4.69) is 17.1 Å². The fourth-order valence-electron chi connectivity index (χ4n) is 1.99. The van der Waals surface area contributed by atoms with E-state index in [0.717, 1.165) is 32.5 Å². The summed E-state index contributed by atoms with van der Waals surface area (Å²) in [4.78, 5) is 14.2. The molecular weight excluding hydrogens is 273 g/mol. The lowest BCUT2D eigenvalue weighted by Gasteiger charge is -2.32. The van der Waals surface area contributed by atoms with Crippen molar-refractivity contribution in [2.45, 2.75) is 45.7 Å². The van der Waals surface area contributed by atoms with Crippen molar-refractivity contribution in [3.05, 3.63) is 0 Å². The number of carbonyl (C=O) groups is 1. The van der Waals surface area contributed by atoms with Gasteiger partial charge in [0.15, 0.2) is 0 Å². The van der Waals surface area contributed by atoms with Gasteiger partial charge in [-0.25, -0.2) is 0 Å². The van der Waals surface area contributed by atoms with E-state index in [1.165, 1.54) is 0 Å². The highest BCUT2D eigenvalue weighted by Gasteiger charge is 2.23. The highest BCUT2D eigenvalue weighted by molar-refractivity contribution is 5.85. The second-order valence-electron chi connectivity index (χ2n) is 4.99. The van der Waals surface area contributed by atoms with Crippen LogP contribution in [0.2, 0.25) is 0 Å². The fraction of sp³-hybridized carbons (Fsp3) is 0.917. The second kappa shape index (κ2) is 9.84. The van der Waals surface area contributed by atoms with Crippen LogP contribution in [0, 0.1) is 5.92 Å². The Hall–Kier alpha value is -0.0300. The number of nitrogens with two attached hydrogens (primary N) is 1. The molecule has 18 heavy (non-hydrogen) atoms. The van der Waals surface area contributed by atoms with Gasteiger partial charge in [0.25, 0.3) is 0 Å². The van der Waals surface area contributed by atoms with E-state index in [4.69, 9.17) is 5.73 Å². The molecule has 4 nitrogen and oxygen atoms in total. The topological polar surface area (TPSA) is 58.4 Å². The van der Waals surface area contributed by atoms with Gasteiger partial charge in [-0.1, -0.05) is 20.8 Å². The van der Waals surface area contributed by atoms with Crippen molar-refractivity contribution in [3.8, 4) is 0 Å². The van der Waals surface area contributed by atoms with Crippen LogP contribution in [-0.2, 0) is 4.79 Å². The van der Waals surface area contributed by atoms with Gasteiger partial charge in [-0.3, -0.25) is 4.79 Å². The van der Waals surface area contributed by atoms with Gasteiger partial charge < -0.3 is 16.0 Å². The maximum Gasteiger partial charge on any atom is 0.237 e. The Morgan fingerprint density at radius 2 is 1.83 bits per heavy atom. The third-order valence-corrected chi connectivity index (χ3v) is 3.40. The zero-order valence-electron chi connectivity index (χ0n) is 11.5. The summed E-state index contributed by atoms with van der Waals surface area (Å²) >= 11 is 0. The molecule has 1 saturated heterocycles. The first-order chi connectivity index (χ1) is 7.54. The molecule has 0 aromatic heterocycles. The van der Waals surface area contributed by atoms with Crippen LogP contribution in [0.5, 0.6) is 0 Å². The first kappa shape index (κ1) is 20.3. The van der Waals surface area contributed by atoms with Gasteiger partial charge in [0, 0.05) is 19.1 Å². The zero-order chi connectivity index (χ0) is 12.1. The SMILES string of the molecule is CCN1CCC(NC(=O)C(N)C(C)C)CC1.Cl.Cl. The Bertz CT molecular complexity index is 231. The summed E-state index contributed by atoms with van der Waals surface area (Å²) in [6, 6.07) is -0.0516. The fourth-order valence-corrected chi connectivity index (χ4v) is 1.99. The van der Waals surface area contributed by atoms with Gasteiger partial charge in [0.2, 0.25) is 5.91 Å². The first-order valence-electron chi connectivity index (χ1n) is 6.33. The number of carbonyl (C=O) groups excluding carboxylic acids is 1.